The second-order valence-electron chi connectivity index (χ2n) is 5.12. The summed E-state index contributed by atoms with van der Waals surface area (Å²) in [6.45, 7) is 0. The van der Waals surface area contributed by atoms with Crippen LogP contribution in [0.2, 0.25) is 5.02 Å². The Bertz CT molecular complexity index is 813. The molecule has 2 aromatic rings. The molecule has 1 aromatic carbocycles. The highest BCUT2D eigenvalue weighted by molar-refractivity contribution is 8.18. The smallest absolute Gasteiger partial charge is 0.114 e. The molecular weight excluding hydrogens is 346 g/mol. The highest BCUT2D eigenvalue weighted by atomic mass is 35.5. The van der Waals surface area contributed by atoms with Gasteiger partial charge < -0.3 is 0 Å². The van der Waals surface area contributed by atoms with Gasteiger partial charge in [0.1, 0.15) is 10.1 Å². The number of allylic oxidation sites excluding steroid dienone is 1. The molecule has 114 valence electrons. The van der Waals surface area contributed by atoms with Crippen LogP contribution in [0.4, 0.5) is 0 Å². The molecule has 4 rings (SSSR count). The highest BCUT2D eigenvalue weighted by Gasteiger charge is 2.36. The summed E-state index contributed by atoms with van der Waals surface area (Å²) in [6.07, 6.45) is 1.82. The average molecular weight is 358 g/mol. The van der Waals surface area contributed by atoms with Gasteiger partial charge in [-0.3, -0.25) is 4.98 Å². The molecule has 6 heteroatoms. The Morgan fingerprint density at radius 2 is 1.96 bits per heavy atom. The average Bonchev–Trinajstić information content (AvgIpc) is 3.17. The van der Waals surface area contributed by atoms with Crippen molar-refractivity contribution in [1.82, 2.24) is 4.98 Å². The van der Waals surface area contributed by atoms with E-state index in [0.29, 0.717) is 0 Å². The Labute approximate surface area is 148 Å². The Kier molecular flexibility index (Phi) is 4.25. The van der Waals surface area contributed by atoms with E-state index in [-0.39, 0.29) is 5.92 Å². The Morgan fingerprint density at radius 1 is 1.09 bits per heavy atom. The van der Waals surface area contributed by atoms with E-state index in [0.717, 1.165) is 26.6 Å². The lowest BCUT2D eigenvalue weighted by atomic mass is 9.96. The molecular formula is C17H12ClN3S2. The molecule has 1 atom stereocenters. The minimum absolute atomic E-state index is 0.162. The van der Waals surface area contributed by atoms with Crippen LogP contribution in [0.3, 0.4) is 0 Å². The van der Waals surface area contributed by atoms with Crippen molar-refractivity contribution in [1.29, 1.82) is 0 Å². The normalized spacial score (nSPS) is 19.2. The third-order valence-electron chi connectivity index (χ3n) is 3.63. The first-order valence-electron chi connectivity index (χ1n) is 7.12. The maximum Gasteiger partial charge on any atom is 0.114 e. The number of nitrogens with zero attached hydrogens (tertiary/aromatic N) is 3. The number of hydrogen-bond donors (Lipinski definition) is 0. The molecule has 0 radical (unpaired) electrons. The predicted molar refractivity (Wildman–Crippen MR) is 101 cm³/mol. The quantitative estimate of drug-likeness (QED) is 0.767. The standard InChI is InChI=1S/C17H12ClN3S2/c18-12-6-4-11(5-7-12)14-10-23-17-15(14)16(20-21-17)22-9-13-3-1-2-8-19-13/h1-8,10,15H,9H2. The van der Waals surface area contributed by atoms with Gasteiger partial charge in [-0.05, 0) is 40.8 Å². The number of halogens is 1. The summed E-state index contributed by atoms with van der Waals surface area (Å²) in [5.41, 5.74) is 3.47. The van der Waals surface area contributed by atoms with E-state index >= 15 is 0 Å². The van der Waals surface area contributed by atoms with Crippen LogP contribution in [0.25, 0.3) is 5.57 Å². The summed E-state index contributed by atoms with van der Waals surface area (Å²) < 4.78 is 0. The summed E-state index contributed by atoms with van der Waals surface area (Å²) in [6, 6.07) is 13.9. The van der Waals surface area contributed by atoms with E-state index in [1.54, 1.807) is 23.5 Å². The number of aromatic nitrogens is 1. The predicted octanol–water partition coefficient (Wildman–Crippen LogP) is 5.10. The maximum absolute atomic E-state index is 5.99. The van der Waals surface area contributed by atoms with E-state index in [1.165, 1.54) is 11.1 Å². The van der Waals surface area contributed by atoms with Crippen molar-refractivity contribution in [2.75, 3.05) is 0 Å². The molecule has 3 nitrogen and oxygen atoms in total. The zero-order chi connectivity index (χ0) is 15.6. The van der Waals surface area contributed by atoms with Gasteiger partial charge in [-0.2, -0.15) is 0 Å². The van der Waals surface area contributed by atoms with Crippen LogP contribution >= 0.6 is 35.1 Å². The topological polar surface area (TPSA) is 37.6 Å². The molecule has 0 aliphatic carbocycles. The molecule has 1 aromatic heterocycles. The first kappa shape index (κ1) is 15.0. The molecule has 0 saturated heterocycles. The molecule has 23 heavy (non-hydrogen) atoms. The van der Waals surface area contributed by atoms with Gasteiger partial charge in [0.05, 0.1) is 11.6 Å². The van der Waals surface area contributed by atoms with E-state index in [9.17, 15) is 0 Å². The molecule has 0 N–H and O–H groups in total. The van der Waals surface area contributed by atoms with Crippen molar-refractivity contribution < 1.29 is 0 Å². The van der Waals surface area contributed by atoms with Crippen LogP contribution in [0.5, 0.6) is 0 Å². The number of benzene rings is 1. The van der Waals surface area contributed by atoms with Crippen LogP contribution in [0, 0.1) is 5.92 Å². The zero-order valence-electron chi connectivity index (χ0n) is 12.0. The summed E-state index contributed by atoms with van der Waals surface area (Å²) >= 11 is 9.36. The Morgan fingerprint density at radius 3 is 2.74 bits per heavy atom. The molecule has 2 aliphatic heterocycles. The van der Waals surface area contributed by atoms with Gasteiger partial charge in [0.2, 0.25) is 0 Å². The summed E-state index contributed by atoms with van der Waals surface area (Å²) in [4.78, 5) is 4.36. The van der Waals surface area contributed by atoms with Gasteiger partial charge in [0.25, 0.3) is 0 Å². The fourth-order valence-corrected chi connectivity index (χ4v) is 4.64. The van der Waals surface area contributed by atoms with Crippen LogP contribution in [0.1, 0.15) is 11.3 Å². The van der Waals surface area contributed by atoms with Crippen LogP contribution in [-0.2, 0) is 5.75 Å². The lowest BCUT2D eigenvalue weighted by Gasteiger charge is -2.13. The van der Waals surface area contributed by atoms with Gasteiger partial charge in [-0.1, -0.05) is 41.6 Å². The molecule has 2 aliphatic rings. The first-order chi connectivity index (χ1) is 11.3. The van der Waals surface area contributed by atoms with Crippen molar-refractivity contribution in [3.8, 4) is 0 Å². The van der Waals surface area contributed by atoms with Crippen molar-refractivity contribution in [2.24, 2.45) is 16.1 Å². The third-order valence-corrected chi connectivity index (χ3v) is 5.87. The van der Waals surface area contributed by atoms with E-state index in [1.807, 2.05) is 36.5 Å². The second kappa shape index (κ2) is 6.51. The molecule has 0 fully saturated rings. The fraction of sp³-hybridized carbons (Fsp3) is 0.118. The number of thioether (sulfide) groups is 2. The van der Waals surface area contributed by atoms with E-state index in [4.69, 9.17) is 11.6 Å². The minimum Gasteiger partial charge on any atom is -0.260 e. The van der Waals surface area contributed by atoms with E-state index < -0.39 is 0 Å². The number of rotatable bonds is 3. The lowest BCUT2D eigenvalue weighted by Crippen LogP contribution is -2.14. The Hall–Kier alpha value is -1.56. The molecule has 0 spiro atoms. The largest absolute Gasteiger partial charge is 0.260 e. The molecule has 3 heterocycles. The highest BCUT2D eigenvalue weighted by Crippen LogP contribution is 2.44. The monoisotopic (exact) mass is 357 g/mol. The molecule has 0 amide bonds. The number of hydrogen-bond acceptors (Lipinski definition) is 5. The summed E-state index contributed by atoms with van der Waals surface area (Å²) in [7, 11) is 0. The lowest BCUT2D eigenvalue weighted by molar-refractivity contribution is 1.18. The number of pyridine rings is 1. The minimum atomic E-state index is 0.162. The second-order valence-corrected chi connectivity index (χ2v) is 7.44. The summed E-state index contributed by atoms with van der Waals surface area (Å²) in [5, 5.41) is 13.7. The molecule has 0 saturated carbocycles. The Balaban J connectivity index is 1.52. The van der Waals surface area contributed by atoms with Crippen molar-refractivity contribution in [3.63, 3.8) is 0 Å². The van der Waals surface area contributed by atoms with Crippen LogP contribution < -0.4 is 0 Å². The van der Waals surface area contributed by atoms with Gasteiger partial charge in [-0.15, -0.1) is 22.0 Å². The van der Waals surface area contributed by atoms with Crippen molar-refractivity contribution >= 4 is 50.8 Å². The van der Waals surface area contributed by atoms with Gasteiger partial charge >= 0.3 is 0 Å². The third kappa shape index (κ3) is 3.09. The molecule has 1 unspecified atom stereocenters. The van der Waals surface area contributed by atoms with Crippen LogP contribution in [-0.4, -0.2) is 15.1 Å². The van der Waals surface area contributed by atoms with Gasteiger partial charge in [-0.25, -0.2) is 0 Å². The van der Waals surface area contributed by atoms with E-state index in [2.05, 4.69) is 32.7 Å². The molecule has 0 bridgehead atoms. The van der Waals surface area contributed by atoms with Gasteiger partial charge in [0, 0.05) is 17.0 Å². The zero-order valence-corrected chi connectivity index (χ0v) is 14.4. The summed E-state index contributed by atoms with van der Waals surface area (Å²) in [5.74, 6) is 0.965. The van der Waals surface area contributed by atoms with Crippen molar-refractivity contribution in [2.45, 2.75) is 5.75 Å². The van der Waals surface area contributed by atoms with Crippen LogP contribution in [0.15, 0.2) is 64.3 Å². The van der Waals surface area contributed by atoms with Crippen molar-refractivity contribution in [3.05, 3.63) is 70.3 Å². The number of fused-ring (bicyclic) bond motifs is 1. The SMILES string of the molecule is Clc1ccc(C2=CSC3=NN=C(SCc4ccccn4)C23)cc1. The maximum atomic E-state index is 5.99. The fourth-order valence-electron chi connectivity index (χ4n) is 2.49. The van der Waals surface area contributed by atoms with Gasteiger partial charge in [0.15, 0.2) is 0 Å². The first-order valence-corrected chi connectivity index (χ1v) is 9.36.